The van der Waals surface area contributed by atoms with Crippen LogP contribution in [0.4, 0.5) is 0 Å². The SMILES string of the molecule is COC1=CC(c2ccc3c(c2)OCO3)=NC1=Cc1[nH]c(C)cc1C. The highest BCUT2D eigenvalue weighted by atomic mass is 16.7. The molecule has 0 fully saturated rings. The van der Waals surface area contributed by atoms with Gasteiger partial charge in [-0.05, 0) is 49.8 Å². The lowest BCUT2D eigenvalue weighted by Gasteiger charge is -2.01. The predicted molar refractivity (Wildman–Crippen MR) is 92.4 cm³/mol. The summed E-state index contributed by atoms with van der Waals surface area (Å²) in [4.78, 5) is 8.06. The molecule has 0 unspecified atom stereocenters. The summed E-state index contributed by atoms with van der Waals surface area (Å²) in [7, 11) is 1.66. The maximum atomic E-state index is 5.50. The molecule has 24 heavy (non-hydrogen) atoms. The van der Waals surface area contributed by atoms with E-state index in [0.29, 0.717) is 0 Å². The van der Waals surface area contributed by atoms with Gasteiger partial charge in [-0.3, -0.25) is 0 Å². The number of fused-ring (bicyclic) bond motifs is 1. The van der Waals surface area contributed by atoms with Crippen molar-refractivity contribution in [1.82, 2.24) is 4.98 Å². The number of hydrogen-bond acceptors (Lipinski definition) is 4. The summed E-state index contributed by atoms with van der Waals surface area (Å²) in [6, 6.07) is 7.93. The first kappa shape index (κ1) is 14.6. The largest absolute Gasteiger partial charge is 0.494 e. The average Bonchev–Trinajstić information content (AvgIpc) is 3.26. The molecule has 2 aromatic rings. The van der Waals surface area contributed by atoms with E-state index >= 15 is 0 Å². The van der Waals surface area contributed by atoms with Gasteiger partial charge in [-0.25, -0.2) is 4.99 Å². The topological polar surface area (TPSA) is 55.8 Å². The fourth-order valence-electron chi connectivity index (χ4n) is 2.92. The van der Waals surface area contributed by atoms with E-state index in [2.05, 4.69) is 18.0 Å². The van der Waals surface area contributed by atoms with Crippen molar-refractivity contribution in [3.8, 4) is 11.5 Å². The van der Waals surface area contributed by atoms with E-state index in [1.807, 2.05) is 37.3 Å². The lowest BCUT2D eigenvalue weighted by atomic mass is 10.1. The quantitative estimate of drug-likeness (QED) is 0.936. The van der Waals surface area contributed by atoms with Crippen LogP contribution in [0.1, 0.15) is 22.5 Å². The Balaban J connectivity index is 1.72. The van der Waals surface area contributed by atoms with E-state index in [4.69, 9.17) is 19.2 Å². The van der Waals surface area contributed by atoms with Gasteiger partial charge >= 0.3 is 0 Å². The number of ether oxygens (including phenoxy) is 3. The van der Waals surface area contributed by atoms with Crippen molar-refractivity contribution >= 4 is 11.8 Å². The van der Waals surface area contributed by atoms with Gasteiger partial charge in [-0.15, -0.1) is 0 Å². The molecule has 2 aliphatic heterocycles. The first-order chi connectivity index (χ1) is 11.6. The maximum Gasteiger partial charge on any atom is 0.231 e. The van der Waals surface area contributed by atoms with Crippen molar-refractivity contribution in [2.45, 2.75) is 13.8 Å². The summed E-state index contributed by atoms with van der Waals surface area (Å²) < 4.78 is 16.3. The summed E-state index contributed by atoms with van der Waals surface area (Å²) >= 11 is 0. The third-order valence-electron chi connectivity index (χ3n) is 4.12. The molecular formula is C19H18N2O3. The zero-order valence-electron chi connectivity index (χ0n) is 13.8. The van der Waals surface area contributed by atoms with Gasteiger partial charge < -0.3 is 19.2 Å². The van der Waals surface area contributed by atoms with E-state index in [1.165, 1.54) is 5.56 Å². The second-order valence-electron chi connectivity index (χ2n) is 5.86. The summed E-state index contributed by atoms with van der Waals surface area (Å²) in [5.41, 5.74) is 5.97. The molecule has 0 saturated carbocycles. The summed E-state index contributed by atoms with van der Waals surface area (Å²) in [5, 5.41) is 0. The van der Waals surface area contributed by atoms with Gasteiger partial charge in [0.05, 0.1) is 12.8 Å². The van der Waals surface area contributed by atoms with E-state index < -0.39 is 0 Å². The van der Waals surface area contributed by atoms with Crippen LogP contribution in [0.15, 0.2) is 46.8 Å². The number of H-pyrrole nitrogens is 1. The first-order valence-corrected chi connectivity index (χ1v) is 7.77. The molecule has 5 heteroatoms. The van der Waals surface area contributed by atoms with Crippen LogP contribution in [-0.2, 0) is 4.74 Å². The summed E-state index contributed by atoms with van der Waals surface area (Å²) in [6.07, 6.45) is 3.95. The minimum Gasteiger partial charge on any atom is -0.494 e. The van der Waals surface area contributed by atoms with Crippen LogP contribution in [0.2, 0.25) is 0 Å². The highest BCUT2D eigenvalue weighted by Gasteiger charge is 2.20. The Morgan fingerprint density at radius 3 is 2.75 bits per heavy atom. The van der Waals surface area contributed by atoms with E-state index in [-0.39, 0.29) is 6.79 Å². The molecule has 5 nitrogen and oxygen atoms in total. The number of benzene rings is 1. The van der Waals surface area contributed by atoms with E-state index in [9.17, 15) is 0 Å². The molecule has 3 heterocycles. The number of nitrogens with one attached hydrogen (secondary N) is 1. The molecule has 1 N–H and O–H groups in total. The first-order valence-electron chi connectivity index (χ1n) is 7.77. The maximum absolute atomic E-state index is 5.50. The fraction of sp³-hybridized carbons (Fsp3) is 0.211. The molecule has 4 rings (SSSR count). The number of methoxy groups -OCH3 is 1. The molecule has 0 atom stereocenters. The molecule has 0 aliphatic carbocycles. The lowest BCUT2D eigenvalue weighted by molar-refractivity contribution is 0.174. The highest BCUT2D eigenvalue weighted by molar-refractivity contribution is 6.12. The number of allylic oxidation sites excluding steroid dienone is 1. The zero-order chi connectivity index (χ0) is 16.7. The van der Waals surface area contributed by atoms with Crippen LogP contribution >= 0.6 is 0 Å². The second kappa shape index (κ2) is 5.60. The smallest absolute Gasteiger partial charge is 0.231 e. The Hall–Kier alpha value is -2.95. The lowest BCUT2D eigenvalue weighted by Crippen LogP contribution is -1.94. The van der Waals surface area contributed by atoms with Gasteiger partial charge in [0.2, 0.25) is 6.79 Å². The number of aryl methyl sites for hydroxylation is 2. The Morgan fingerprint density at radius 1 is 1.17 bits per heavy atom. The number of aromatic nitrogens is 1. The van der Waals surface area contributed by atoms with Crippen LogP contribution in [0.3, 0.4) is 0 Å². The predicted octanol–water partition coefficient (Wildman–Crippen LogP) is 3.73. The standard InChI is InChI=1S/C19H18N2O3/c1-11-6-12(2)20-14(11)8-16-18(22-3)9-15(21-16)13-4-5-17-19(7-13)24-10-23-17/h4-9,20H,10H2,1-3H3. The molecule has 0 bridgehead atoms. The zero-order valence-corrected chi connectivity index (χ0v) is 13.8. The minimum atomic E-state index is 0.265. The van der Waals surface area contributed by atoms with Crippen LogP contribution in [0, 0.1) is 13.8 Å². The highest BCUT2D eigenvalue weighted by Crippen LogP contribution is 2.34. The van der Waals surface area contributed by atoms with Crippen molar-refractivity contribution in [2.24, 2.45) is 4.99 Å². The molecule has 1 aromatic heterocycles. The van der Waals surface area contributed by atoms with Crippen molar-refractivity contribution in [2.75, 3.05) is 13.9 Å². The van der Waals surface area contributed by atoms with Gasteiger partial charge in [0, 0.05) is 23.0 Å². The third kappa shape index (κ3) is 2.48. The molecule has 1 aromatic carbocycles. The number of rotatable bonds is 3. The number of hydrogen-bond donors (Lipinski definition) is 1. The van der Waals surface area contributed by atoms with Crippen molar-refractivity contribution < 1.29 is 14.2 Å². The van der Waals surface area contributed by atoms with Gasteiger partial charge in [-0.2, -0.15) is 0 Å². The Kier molecular flexibility index (Phi) is 3.41. The van der Waals surface area contributed by atoms with E-state index in [1.54, 1.807) is 7.11 Å². The molecule has 0 saturated heterocycles. The van der Waals surface area contributed by atoms with Crippen molar-refractivity contribution in [3.63, 3.8) is 0 Å². The van der Waals surface area contributed by atoms with Crippen LogP contribution in [-0.4, -0.2) is 24.6 Å². The van der Waals surface area contributed by atoms with Crippen molar-refractivity contribution in [3.05, 3.63) is 64.3 Å². The normalized spacial score (nSPS) is 17.2. The summed E-state index contributed by atoms with van der Waals surface area (Å²) in [6.45, 7) is 4.38. The van der Waals surface area contributed by atoms with Crippen LogP contribution in [0.5, 0.6) is 11.5 Å². The number of nitrogens with zero attached hydrogens (tertiary/aromatic N) is 1. The van der Waals surface area contributed by atoms with Crippen molar-refractivity contribution in [1.29, 1.82) is 0 Å². The number of aliphatic imine (C=N–C) groups is 1. The minimum absolute atomic E-state index is 0.265. The molecule has 0 radical (unpaired) electrons. The summed E-state index contributed by atoms with van der Waals surface area (Å²) in [5.74, 6) is 2.26. The van der Waals surface area contributed by atoms with Gasteiger partial charge in [0.1, 0.15) is 11.5 Å². The van der Waals surface area contributed by atoms with Gasteiger partial charge in [0.15, 0.2) is 11.5 Å². The molecule has 2 aliphatic rings. The third-order valence-corrected chi connectivity index (χ3v) is 4.12. The fourth-order valence-corrected chi connectivity index (χ4v) is 2.92. The average molecular weight is 322 g/mol. The molecular weight excluding hydrogens is 304 g/mol. The monoisotopic (exact) mass is 322 g/mol. The van der Waals surface area contributed by atoms with Crippen LogP contribution in [0.25, 0.3) is 6.08 Å². The second-order valence-corrected chi connectivity index (χ2v) is 5.86. The van der Waals surface area contributed by atoms with Crippen LogP contribution < -0.4 is 9.47 Å². The van der Waals surface area contributed by atoms with Gasteiger partial charge in [-0.1, -0.05) is 0 Å². The molecule has 122 valence electrons. The van der Waals surface area contributed by atoms with E-state index in [0.717, 1.165) is 45.6 Å². The molecule has 0 spiro atoms. The molecule has 0 amide bonds. The Morgan fingerprint density at radius 2 is 2.00 bits per heavy atom. The Bertz CT molecular complexity index is 903. The van der Waals surface area contributed by atoms with Gasteiger partial charge in [0.25, 0.3) is 0 Å². The number of aromatic amines is 1. The Labute approximate surface area is 140 Å².